The molecule has 0 atom stereocenters. The predicted molar refractivity (Wildman–Crippen MR) is 67.9 cm³/mol. The van der Waals surface area contributed by atoms with Gasteiger partial charge in [0.05, 0.1) is 0 Å². The quantitative estimate of drug-likeness (QED) is 0.709. The van der Waals surface area contributed by atoms with Crippen molar-refractivity contribution in [1.29, 1.82) is 0 Å². The van der Waals surface area contributed by atoms with Crippen LogP contribution in [0.5, 0.6) is 0 Å². The summed E-state index contributed by atoms with van der Waals surface area (Å²) >= 11 is 0. The van der Waals surface area contributed by atoms with Crippen LogP contribution < -0.4 is 0 Å². The van der Waals surface area contributed by atoms with Crippen LogP contribution >= 0.6 is 0 Å². The molecule has 0 bridgehead atoms. The van der Waals surface area contributed by atoms with E-state index < -0.39 is 0 Å². The second-order valence-corrected chi connectivity index (χ2v) is 4.44. The molecule has 3 heteroatoms. The Kier molecular flexibility index (Phi) is 5.29. The molecule has 0 saturated heterocycles. The number of carbonyl (C=O) groups is 1. The smallest absolute Gasteiger partial charge is 0.164 e. The molecular formula is C14H20FNO. The van der Waals surface area contributed by atoms with Gasteiger partial charge in [0.2, 0.25) is 0 Å². The Morgan fingerprint density at radius 2 is 2.06 bits per heavy atom. The molecule has 0 saturated carbocycles. The second kappa shape index (κ2) is 6.50. The van der Waals surface area contributed by atoms with Crippen molar-refractivity contribution >= 4 is 5.78 Å². The first-order valence-corrected chi connectivity index (χ1v) is 6.02. The monoisotopic (exact) mass is 237 g/mol. The summed E-state index contributed by atoms with van der Waals surface area (Å²) in [5.41, 5.74) is 1.04. The average Bonchev–Trinajstić information content (AvgIpc) is 2.30. The number of aryl methyl sites for hydroxylation is 1. The van der Waals surface area contributed by atoms with E-state index in [-0.39, 0.29) is 11.6 Å². The van der Waals surface area contributed by atoms with Gasteiger partial charge in [-0.3, -0.25) is 4.79 Å². The summed E-state index contributed by atoms with van der Waals surface area (Å²) in [5.74, 6) is -0.301. The average molecular weight is 237 g/mol. The van der Waals surface area contributed by atoms with Crippen molar-refractivity contribution in [2.24, 2.45) is 0 Å². The lowest BCUT2D eigenvalue weighted by Crippen LogP contribution is -2.22. The number of nitrogens with zero attached hydrogens (tertiary/aromatic N) is 1. The molecule has 0 radical (unpaired) electrons. The fourth-order valence-electron chi connectivity index (χ4n) is 1.70. The van der Waals surface area contributed by atoms with Gasteiger partial charge >= 0.3 is 0 Å². The number of hydrogen-bond acceptors (Lipinski definition) is 2. The van der Waals surface area contributed by atoms with Crippen LogP contribution in [0.15, 0.2) is 18.2 Å². The number of benzene rings is 1. The van der Waals surface area contributed by atoms with E-state index in [0.29, 0.717) is 17.5 Å². The zero-order valence-corrected chi connectivity index (χ0v) is 10.8. The molecule has 17 heavy (non-hydrogen) atoms. The summed E-state index contributed by atoms with van der Waals surface area (Å²) in [6.07, 6.45) is 1.52. The number of Topliss-reactive ketones (excluding diaryl/α,β-unsaturated/α-hetero) is 1. The van der Waals surface area contributed by atoms with Crippen LogP contribution in [-0.2, 0) is 0 Å². The van der Waals surface area contributed by atoms with E-state index >= 15 is 0 Å². The third-order valence-electron chi connectivity index (χ3n) is 2.82. The van der Waals surface area contributed by atoms with Crippen molar-refractivity contribution in [2.45, 2.75) is 26.7 Å². The minimum atomic E-state index is -0.308. The van der Waals surface area contributed by atoms with Crippen LogP contribution in [0.25, 0.3) is 0 Å². The fraction of sp³-hybridized carbons (Fsp3) is 0.500. The summed E-state index contributed by atoms with van der Waals surface area (Å²) in [6.45, 7) is 5.50. The van der Waals surface area contributed by atoms with Gasteiger partial charge in [-0.05, 0) is 38.6 Å². The first-order chi connectivity index (χ1) is 8.04. The van der Waals surface area contributed by atoms with E-state index in [1.165, 1.54) is 6.07 Å². The van der Waals surface area contributed by atoms with Crippen LogP contribution in [0, 0.1) is 12.7 Å². The summed E-state index contributed by atoms with van der Waals surface area (Å²) < 4.78 is 13.3. The van der Waals surface area contributed by atoms with Gasteiger partial charge in [0.15, 0.2) is 5.78 Å². The number of halogens is 1. The molecule has 1 aromatic rings. The molecule has 1 rings (SSSR count). The summed E-state index contributed by atoms with van der Waals surface area (Å²) in [7, 11) is 1.99. The molecule has 1 aromatic carbocycles. The molecule has 0 fully saturated rings. The zero-order valence-electron chi connectivity index (χ0n) is 10.8. The highest BCUT2D eigenvalue weighted by Gasteiger charge is 2.09. The molecule has 0 N–H and O–H groups in total. The molecule has 0 aromatic heterocycles. The highest BCUT2D eigenvalue weighted by Crippen LogP contribution is 2.11. The molecule has 94 valence electrons. The van der Waals surface area contributed by atoms with Crippen molar-refractivity contribution in [3.63, 3.8) is 0 Å². The summed E-state index contributed by atoms with van der Waals surface area (Å²) in [5, 5.41) is 0. The van der Waals surface area contributed by atoms with E-state index in [1.54, 1.807) is 19.1 Å². The van der Waals surface area contributed by atoms with Crippen molar-refractivity contribution < 1.29 is 9.18 Å². The van der Waals surface area contributed by atoms with E-state index in [4.69, 9.17) is 0 Å². The number of carbonyl (C=O) groups excluding carboxylic acids is 1. The summed E-state index contributed by atoms with van der Waals surface area (Å²) in [4.78, 5) is 13.9. The second-order valence-electron chi connectivity index (χ2n) is 4.44. The largest absolute Gasteiger partial charge is 0.306 e. The zero-order chi connectivity index (χ0) is 12.8. The third-order valence-corrected chi connectivity index (χ3v) is 2.82. The SMILES string of the molecule is CCCN(C)CCC(=O)c1ccc(C)c(F)c1. The Labute approximate surface area is 102 Å². The standard InChI is InChI=1S/C14H20FNO/c1-4-8-16(3)9-7-14(17)12-6-5-11(2)13(15)10-12/h5-6,10H,4,7-9H2,1-3H3. The highest BCUT2D eigenvalue weighted by molar-refractivity contribution is 5.96. The summed E-state index contributed by atoms with van der Waals surface area (Å²) in [6, 6.07) is 4.68. The van der Waals surface area contributed by atoms with Gasteiger partial charge in [0.1, 0.15) is 5.82 Å². The van der Waals surface area contributed by atoms with E-state index in [0.717, 1.165) is 19.5 Å². The topological polar surface area (TPSA) is 20.3 Å². The van der Waals surface area contributed by atoms with E-state index in [2.05, 4.69) is 11.8 Å². The van der Waals surface area contributed by atoms with Crippen LogP contribution in [0.4, 0.5) is 4.39 Å². The molecule has 0 aliphatic carbocycles. The highest BCUT2D eigenvalue weighted by atomic mass is 19.1. The fourth-order valence-corrected chi connectivity index (χ4v) is 1.70. The molecule has 2 nitrogen and oxygen atoms in total. The molecule has 0 spiro atoms. The Hall–Kier alpha value is -1.22. The van der Waals surface area contributed by atoms with Crippen LogP contribution in [0.3, 0.4) is 0 Å². The van der Waals surface area contributed by atoms with Gasteiger partial charge in [0.25, 0.3) is 0 Å². The minimum Gasteiger partial charge on any atom is -0.306 e. The first kappa shape index (κ1) is 13.8. The lowest BCUT2D eigenvalue weighted by Gasteiger charge is -2.14. The molecular weight excluding hydrogens is 217 g/mol. The van der Waals surface area contributed by atoms with Gasteiger partial charge in [-0.15, -0.1) is 0 Å². The maximum absolute atomic E-state index is 13.3. The van der Waals surface area contributed by atoms with Crippen LogP contribution in [0.2, 0.25) is 0 Å². The van der Waals surface area contributed by atoms with Gasteiger partial charge < -0.3 is 4.90 Å². The van der Waals surface area contributed by atoms with Gasteiger partial charge in [-0.25, -0.2) is 4.39 Å². The van der Waals surface area contributed by atoms with Crippen molar-refractivity contribution in [2.75, 3.05) is 20.1 Å². The van der Waals surface area contributed by atoms with Crippen molar-refractivity contribution in [3.05, 3.63) is 35.1 Å². The predicted octanol–water partition coefficient (Wildman–Crippen LogP) is 3.05. The maximum Gasteiger partial charge on any atom is 0.164 e. The molecule has 0 unspecified atom stereocenters. The van der Waals surface area contributed by atoms with Gasteiger partial charge in [-0.1, -0.05) is 19.1 Å². The molecule has 0 aliphatic heterocycles. The van der Waals surface area contributed by atoms with Gasteiger partial charge in [-0.2, -0.15) is 0 Å². The normalized spacial score (nSPS) is 10.9. The lowest BCUT2D eigenvalue weighted by molar-refractivity contribution is 0.0968. The maximum atomic E-state index is 13.3. The Balaban J connectivity index is 2.55. The third kappa shape index (κ3) is 4.27. The van der Waals surface area contributed by atoms with Crippen molar-refractivity contribution in [3.8, 4) is 0 Å². The Morgan fingerprint density at radius 3 is 2.65 bits per heavy atom. The molecule has 0 amide bonds. The number of ketones is 1. The van der Waals surface area contributed by atoms with Gasteiger partial charge in [0, 0.05) is 18.5 Å². The molecule has 0 aliphatic rings. The Bertz CT molecular complexity index is 390. The number of rotatable bonds is 6. The minimum absolute atomic E-state index is 0.00635. The lowest BCUT2D eigenvalue weighted by atomic mass is 10.1. The molecule has 0 heterocycles. The first-order valence-electron chi connectivity index (χ1n) is 6.02. The van der Waals surface area contributed by atoms with Crippen LogP contribution in [0.1, 0.15) is 35.7 Å². The number of hydrogen-bond donors (Lipinski definition) is 0. The van der Waals surface area contributed by atoms with E-state index in [1.807, 2.05) is 7.05 Å². The van der Waals surface area contributed by atoms with E-state index in [9.17, 15) is 9.18 Å². The Morgan fingerprint density at radius 1 is 1.35 bits per heavy atom. The van der Waals surface area contributed by atoms with Crippen LogP contribution in [-0.4, -0.2) is 30.8 Å². The van der Waals surface area contributed by atoms with Crippen molar-refractivity contribution in [1.82, 2.24) is 4.90 Å².